The molecule has 1 fully saturated rings. The normalized spacial score (nSPS) is 14.8. The Morgan fingerprint density at radius 1 is 0.923 bits per heavy atom. The van der Waals surface area contributed by atoms with Crippen LogP contribution >= 0.6 is 0 Å². The lowest BCUT2D eigenvalue weighted by atomic mass is 10.0. The van der Waals surface area contributed by atoms with Gasteiger partial charge in [-0.15, -0.1) is 0 Å². The molecule has 0 aliphatic carbocycles. The van der Waals surface area contributed by atoms with E-state index in [1.54, 1.807) is 24.3 Å². The SMILES string of the molecule is O=C(O)C(Cc1ccccc1)N(Cc1ccc(N2CCOCC2)cc1)C(=O)C=Cc1ccc(C(F)(F)F)cc1. The molecule has 0 aromatic heterocycles. The molecule has 39 heavy (non-hydrogen) atoms. The zero-order valence-electron chi connectivity index (χ0n) is 21.2. The van der Waals surface area contributed by atoms with Gasteiger partial charge in [-0.2, -0.15) is 13.2 Å². The molecule has 1 atom stereocenters. The summed E-state index contributed by atoms with van der Waals surface area (Å²) >= 11 is 0. The van der Waals surface area contributed by atoms with Crippen molar-refractivity contribution in [2.75, 3.05) is 31.2 Å². The summed E-state index contributed by atoms with van der Waals surface area (Å²) in [7, 11) is 0. The van der Waals surface area contributed by atoms with Crippen molar-refractivity contribution in [2.24, 2.45) is 0 Å². The number of carbonyl (C=O) groups is 2. The standard InChI is InChI=1S/C30H29F3N2O4/c31-30(32,33)25-11-6-22(7-12-25)10-15-28(36)35(27(29(37)38)20-23-4-2-1-3-5-23)21-24-8-13-26(14-9-24)34-16-18-39-19-17-34/h1-15,27H,16-21H2,(H,37,38). The van der Waals surface area contributed by atoms with Crippen LogP contribution < -0.4 is 4.90 Å². The molecule has 6 nitrogen and oxygen atoms in total. The van der Waals surface area contributed by atoms with Gasteiger partial charge >= 0.3 is 12.1 Å². The third kappa shape index (κ3) is 7.70. The minimum Gasteiger partial charge on any atom is -0.480 e. The lowest BCUT2D eigenvalue weighted by Crippen LogP contribution is -2.45. The number of rotatable bonds is 9. The zero-order chi connectivity index (χ0) is 27.8. The fourth-order valence-electron chi connectivity index (χ4n) is 4.39. The van der Waals surface area contributed by atoms with E-state index in [0.717, 1.165) is 42.0 Å². The van der Waals surface area contributed by atoms with Crippen molar-refractivity contribution >= 4 is 23.6 Å². The number of amides is 1. The molecule has 3 aromatic carbocycles. The van der Waals surface area contributed by atoms with Gasteiger partial charge in [0.2, 0.25) is 5.91 Å². The lowest BCUT2D eigenvalue weighted by molar-refractivity contribution is -0.148. The van der Waals surface area contributed by atoms with E-state index < -0.39 is 29.7 Å². The average molecular weight is 539 g/mol. The summed E-state index contributed by atoms with van der Waals surface area (Å²) in [5.74, 6) is -1.71. The molecule has 9 heteroatoms. The number of halogens is 3. The van der Waals surface area contributed by atoms with Gasteiger partial charge < -0.3 is 19.6 Å². The molecule has 3 aromatic rings. The largest absolute Gasteiger partial charge is 0.480 e. The summed E-state index contributed by atoms with van der Waals surface area (Å²) < 4.78 is 44.0. The first-order valence-corrected chi connectivity index (χ1v) is 12.5. The molecule has 204 valence electrons. The van der Waals surface area contributed by atoms with Gasteiger partial charge in [0, 0.05) is 37.8 Å². The van der Waals surface area contributed by atoms with Crippen LogP contribution in [0, 0.1) is 0 Å². The van der Waals surface area contributed by atoms with E-state index in [1.165, 1.54) is 29.2 Å². The second-order valence-electron chi connectivity index (χ2n) is 9.23. The van der Waals surface area contributed by atoms with E-state index in [1.807, 2.05) is 30.3 Å². The van der Waals surface area contributed by atoms with Gasteiger partial charge in [0.25, 0.3) is 0 Å². The topological polar surface area (TPSA) is 70.1 Å². The second-order valence-corrected chi connectivity index (χ2v) is 9.23. The maximum Gasteiger partial charge on any atom is 0.416 e. The maximum absolute atomic E-state index is 13.4. The number of nitrogens with zero attached hydrogens (tertiary/aromatic N) is 2. The number of aliphatic carboxylic acids is 1. The highest BCUT2D eigenvalue weighted by molar-refractivity contribution is 5.94. The lowest BCUT2D eigenvalue weighted by Gasteiger charge is -2.30. The van der Waals surface area contributed by atoms with Crippen LogP contribution in [0.1, 0.15) is 22.3 Å². The number of hydrogen-bond acceptors (Lipinski definition) is 4. The van der Waals surface area contributed by atoms with Crippen molar-refractivity contribution < 1.29 is 32.6 Å². The smallest absolute Gasteiger partial charge is 0.416 e. The number of carboxylic acid groups (broad SMARTS) is 1. The van der Waals surface area contributed by atoms with E-state index in [0.29, 0.717) is 18.8 Å². The molecular formula is C30H29F3N2O4. The van der Waals surface area contributed by atoms with Crippen molar-refractivity contribution in [3.05, 3.63) is 107 Å². The van der Waals surface area contributed by atoms with E-state index in [2.05, 4.69) is 4.90 Å². The molecule has 1 saturated heterocycles. The number of alkyl halides is 3. The first-order chi connectivity index (χ1) is 18.7. The number of benzene rings is 3. The van der Waals surface area contributed by atoms with Crippen LogP contribution in [0.2, 0.25) is 0 Å². The van der Waals surface area contributed by atoms with Gasteiger partial charge in [-0.3, -0.25) is 4.79 Å². The van der Waals surface area contributed by atoms with E-state index in [-0.39, 0.29) is 13.0 Å². The van der Waals surface area contributed by atoms with Crippen LogP contribution in [0.25, 0.3) is 6.08 Å². The van der Waals surface area contributed by atoms with E-state index in [4.69, 9.17) is 4.74 Å². The second kappa shape index (κ2) is 12.6. The molecule has 4 rings (SSSR count). The Bertz CT molecular complexity index is 1270. The molecule has 1 aliphatic heterocycles. The first kappa shape index (κ1) is 27.9. The Morgan fingerprint density at radius 3 is 2.15 bits per heavy atom. The van der Waals surface area contributed by atoms with E-state index >= 15 is 0 Å². The van der Waals surface area contributed by atoms with Gasteiger partial charge in [-0.25, -0.2) is 4.79 Å². The van der Waals surface area contributed by atoms with Gasteiger partial charge in [-0.1, -0.05) is 54.6 Å². The Kier molecular flexibility index (Phi) is 9.03. The van der Waals surface area contributed by atoms with Crippen molar-refractivity contribution in [1.82, 2.24) is 4.90 Å². The van der Waals surface area contributed by atoms with Gasteiger partial charge in [-0.05, 0) is 47.0 Å². The molecule has 0 radical (unpaired) electrons. The fourth-order valence-corrected chi connectivity index (χ4v) is 4.39. The molecule has 0 bridgehead atoms. The highest BCUT2D eigenvalue weighted by atomic mass is 19.4. The number of anilines is 1. The Balaban J connectivity index is 1.57. The Labute approximate surface area is 224 Å². The predicted molar refractivity (Wildman–Crippen MR) is 142 cm³/mol. The molecule has 1 amide bonds. The number of morpholine rings is 1. The minimum absolute atomic E-state index is 0.0450. The van der Waals surface area contributed by atoms with Crippen LogP contribution in [-0.2, 0) is 33.5 Å². The summed E-state index contributed by atoms with van der Waals surface area (Å²) in [6.07, 6.45) is -1.77. The summed E-state index contributed by atoms with van der Waals surface area (Å²) in [5, 5.41) is 10.1. The van der Waals surface area contributed by atoms with Crippen LogP contribution in [0.3, 0.4) is 0 Å². The molecular weight excluding hydrogens is 509 g/mol. The summed E-state index contributed by atoms with van der Waals surface area (Å²) in [6, 6.07) is 19.9. The Hall–Kier alpha value is -4.11. The minimum atomic E-state index is -4.46. The molecule has 1 aliphatic rings. The average Bonchev–Trinajstić information content (AvgIpc) is 2.94. The molecule has 1 heterocycles. The highest BCUT2D eigenvalue weighted by Gasteiger charge is 2.30. The molecule has 0 spiro atoms. The van der Waals surface area contributed by atoms with Crippen molar-refractivity contribution in [1.29, 1.82) is 0 Å². The van der Waals surface area contributed by atoms with Gasteiger partial charge in [0.1, 0.15) is 6.04 Å². The van der Waals surface area contributed by atoms with Crippen LogP contribution in [0.5, 0.6) is 0 Å². The van der Waals surface area contributed by atoms with Crippen molar-refractivity contribution in [3.63, 3.8) is 0 Å². The van der Waals surface area contributed by atoms with Crippen LogP contribution in [0.4, 0.5) is 18.9 Å². The Morgan fingerprint density at radius 2 is 1.56 bits per heavy atom. The monoisotopic (exact) mass is 538 g/mol. The zero-order valence-corrected chi connectivity index (χ0v) is 21.2. The third-order valence-corrected chi connectivity index (χ3v) is 6.54. The number of hydrogen-bond donors (Lipinski definition) is 1. The predicted octanol–water partition coefficient (Wildman–Crippen LogP) is 5.28. The first-order valence-electron chi connectivity index (χ1n) is 12.5. The summed E-state index contributed by atoms with van der Waals surface area (Å²) in [4.78, 5) is 29.2. The maximum atomic E-state index is 13.4. The van der Waals surface area contributed by atoms with Crippen LogP contribution in [0.15, 0.2) is 84.9 Å². The van der Waals surface area contributed by atoms with Crippen molar-refractivity contribution in [3.8, 4) is 0 Å². The summed E-state index contributed by atoms with van der Waals surface area (Å²) in [6.45, 7) is 2.89. The quantitative estimate of drug-likeness (QED) is 0.376. The highest BCUT2D eigenvalue weighted by Crippen LogP contribution is 2.29. The van der Waals surface area contributed by atoms with Crippen molar-refractivity contribution in [2.45, 2.75) is 25.2 Å². The number of carboxylic acids is 1. The van der Waals surface area contributed by atoms with Gasteiger partial charge in [0.15, 0.2) is 0 Å². The number of ether oxygens (including phenoxy) is 1. The van der Waals surface area contributed by atoms with Crippen LogP contribution in [-0.4, -0.2) is 54.2 Å². The molecule has 1 N–H and O–H groups in total. The third-order valence-electron chi connectivity index (χ3n) is 6.54. The van der Waals surface area contributed by atoms with Gasteiger partial charge in [0.05, 0.1) is 18.8 Å². The van der Waals surface area contributed by atoms with E-state index in [9.17, 15) is 27.9 Å². The molecule has 1 unspecified atom stereocenters. The number of carbonyl (C=O) groups excluding carboxylic acids is 1. The molecule has 0 saturated carbocycles. The fraction of sp³-hybridized carbons (Fsp3) is 0.267. The summed E-state index contributed by atoms with van der Waals surface area (Å²) in [5.41, 5.74) is 2.13.